The monoisotopic (exact) mass is 224 g/mol. The summed E-state index contributed by atoms with van der Waals surface area (Å²) in [5, 5.41) is 0.00157. The standard InChI is InChI=1S/C6H9O5PS/c7-12(8,9)5-1-3-6(4-2-5)13(10)11/h1-3,7-9,12H,4H2. The van der Waals surface area contributed by atoms with Crippen LogP contribution in [0.1, 0.15) is 6.42 Å². The predicted octanol–water partition coefficient (Wildman–Crippen LogP) is -0.646. The topological polar surface area (TPSA) is 94.8 Å². The van der Waals surface area contributed by atoms with Crippen molar-refractivity contribution in [2.24, 2.45) is 0 Å². The van der Waals surface area contributed by atoms with Crippen molar-refractivity contribution >= 4 is 23.1 Å². The van der Waals surface area contributed by atoms with Crippen LogP contribution < -0.4 is 0 Å². The normalized spacial score (nSPS) is 18.4. The van der Waals surface area contributed by atoms with Crippen molar-refractivity contribution in [2.75, 3.05) is 0 Å². The molecular formula is C6H9O5PS. The van der Waals surface area contributed by atoms with Crippen LogP contribution in [0, 0.1) is 0 Å². The summed E-state index contributed by atoms with van der Waals surface area (Å²) in [6, 6.07) is 0. The molecule has 3 N–H and O–H groups in total. The van der Waals surface area contributed by atoms with Gasteiger partial charge in [0.15, 0.2) is 0 Å². The summed E-state index contributed by atoms with van der Waals surface area (Å²) in [6.45, 7) is 0. The Bertz CT molecular complexity index is 389. The van der Waals surface area contributed by atoms with Crippen LogP contribution in [0.4, 0.5) is 0 Å². The second kappa shape index (κ2) is 3.69. The van der Waals surface area contributed by atoms with Crippen molar-refractivity contribution < 1.29 is 23.1 Å². The molecule has 1 rings (SSSR count). The van der Waals surface area contributed by atoms with Crippen molar-refractivity contribution in [1.82, 2.24) is 0 Å². The van der Waals surface area contributed by atoms with Gasteiger partial charge in [0.2, 0.25) is 0 Å². The Labute approximate surface area is 76.8 Å². The van der Waals surface area contributed by atoms with Gasteiger partial charge >= 0.3 is 76.2 Å². The summed E-state index contributed by atoms with van der Waals surface area (Å²) >= 11 is 0. The van der Waals surface area contributed by atoms with Gasteiger partial charge in [-0.1, -0.05) is 0 Å². The van der Waals surface area contributed by atoms with E-state index in [0.717, 1.165) is 0 Å². The van der Waals surface area contributed by atoms with Crippen LogP contribution in [0.2, 0.25) is 0 Å². The van der Waals surface area contributed by atoms with E-state index in [9.17, 15) is 8.42 Å². The first-order chi connectivity index (χ1) is 5.91. The first-order valence-corrected chi connectivity index (χ1v) is 6.34. The molecular weight excluding hydrogens is 215 g/mol. The number of rotatable bonds is 1. The summed E-state index contributed by atoms with van der Waals surface area (Å²) in [6.07, 6.45) is 3.80. The number of hydrogen-bond acceptors (Lipinski definition) is 5. The Hall–Kier alpha value is -0.520. The van der Waals surface area contributed by atoms with Crippen LogP contribution >= 0.6 is 7.94 Å². The molecule has 0 aromatic carbocycles. The Kier molecular flexibility index (Phi) is 3.00. The third-order valence-electron chi connectivity index (χ3n) is 1.57. The molecule has 0 bridgehead atoms. The molecule has 0 radical (unpaired) electrons. The van der Waals surface area contributed by atoms with Crippen LogP contribution in [0.15, 0.2) is 23.5 Å². The fourth-order valence-electron chi connectivity index (χ4n) is 0.902. The van der Waals surface area contributed by atoms with E-state index in [-0.39, 0.29) is 16.6 Å². The van der Waals surface area contributed by atoms with Gasteiger partial charge in [0.1, 0.15) is 0 Å². The molecule has 0 atom stereocenters. The number of allylic oxidation sites excluding steroid dienone is 4. The van der Waals surface area contributed by atoms with E-state index in [1.165, 1.54) is 18.2 Å². The second-order valence-electron chi connectivity index (χ2n) is 2.53. The maximum atomic E-state index is 10.4. The van der Waals surface area contributed by atoms with Crippen molar-refractivity contribution in [3.05, 3.63) is 23.5 Å². The molecule has 0 aromatic rings. The predicted molar refractivity (Wildman–Crippen MR) is 50.7 cm³/mol. The van der Waals surface area contributed by atoms with Crippen molar-refractivity contribution in [3.8, 4) is 0 Å². The minimum atomic E-state index is -4.26. The van der Waals surface area contributed by atoms with E-state index < -0.39 is 18.2 Å². The minimum absolute atomic E-state index is 0.00157. The molecule has 1 aliphatic rings. The zero-order valence-corrected chi connectivity index (χ0v) is 8.32. The third-order valence-corrected chi connectivity index (χ3v) is 3.45. The molecule has 0 amide bonds. The molecule has 0 saturated heterocycles. The SMILES string of the molecule is O=S(=O)=C1C=CC([PH](O)(O)O)=CC1. The maximum absolute atomic E-state index is 10.4. The van der Waals surface area contributed by atoms with E-state index in [1.54, 1.807) is 0 Å². The molecule has 7 heteroatoms. The van der Waals surface area contributed by atoms with E-state index in [1.807, 2.05) is 0 Å². The van der Waals surface area contributed by atoms with Crippen molar-refractivity contribution in [1.29, 1.82) is 0 Å². The van der Waals surface area contributed by atoms with Crippen LogP contribution in [0.3, 0.4) is 0 Å². The first kappa shape index (κ1) is 10.6. The molecule has 5 nitrogen and oxygen atoms in total. The van der Waals surface area contributed by atoms with Crippen LogP contribution in [0.25, 0.3) is 0 Å². The Balaban J connectivity index is 2.96. The average molecular weight is 224 g/mol. The van der Waals surface area contributed by atoms with E-state index >= 15 is 0 Å². The number of hydrogen-bond donors (Lipinski definition) is 3. The molecule has 0 spiro atoms. The zero-order valence-electron chi connectivity index (χ0n) is 6.51. The van der Waals surface area contributed by atoms with Crippen molar-refractivity contribution in [2.45, 2.75) is 6.42 Å². The second-order valence-corrected chi connectivity index (χ2v) is 5.38. The van der Waals surface area contributed by atoms with E-state index in [2.05, 4.69) is 0 Å². The van der Waals surface area contributed by atoms with Crippen LogP contribution in [-0.4, -0.2) is 28.0 Å². The summed E-state index contributed by atoms with van der Waals surface area (Å²) in [7, 11) is -6.55. The van der Waals surface area contributed by atoms with Gasteiger partial charge in [-0.15, -0.1) is 0 Å². The molecule has 0 aromatic heterocycles. The van der Waals surface area contributed by atoms with Crippen LogP contribution in [-0.2, 0) is 10.3 Å². The summed E-state index contributed by atoms with van der Waals surface area (Å²) < 4.78 is 20.8. The van der Waals surface area contributed by atoms with Crippen molar-refractivity contribution in [3.63, 3.8) is 0 Å². The van der Waals surface area contributed by atoms with Gasteiger partial charge in [-0.25, -0.2) is 0 Å². The third kappa shape index (κ3) is 2.72. The van der Waals surface area contributed by atoms with Gasteiger partial charge in [-0.2, -0.15) is 0 Å². The fourth-order valence-corrected chi connectivity index (χ4v) is 1.98. The van der Waals surface area contributed by atoms with Gasteiger partial charge in [0.25, 0.3) is 0 Å². The van der Waals surface area contributed by atoms with Gasteiger partial charge in [0.05, 0.1) is 0 Å². The Morgan fingerprint density at radius 2 is 1.85 bits per heavy atom. The summed E-state index contributed by atoms with van der Waals surface area (Å²) in [5.41, 5.74) is 0. The quantitative estimate of drug-likeness (QED) is 0.406. The van der Waals surface area contributed by atoms with Crippen LogP contribution in [0.5, 0.6) is 0 Å². The molecule has 0 fully saturated rings. The Morgan fingerprint density at radius 3 is 2.15 bits per heavy atom. The molecule has 1 aliphatic carbocycles. The van der Waals surface area contributed by atoms with Gasteiger partial charge in [-0.3, -0.25) is 0 Å². The van der Waals surface area contributed by atoms with Gasteiger partial charge in [0, 0.05) is 0 Å². The van der Waals surface area contributed by atoms with Gasteiger partial charge < -0.3 is 0 Å². The van der Waals surface area contributed by atoms with Gasteiger partial charge in [-0.05, 0) is 0 Å². The molecule has 13 heavy (non-hydrogen) atoms. The van der Waals surface area contributed by atoms with E-state index in [4.69, 9.17) is 14.7 Å². The summed E-state index contributed by atoms with van der Waals surface area (Å²) in [5.74, 6) is 0. The molecule has 0 heterocycles. The first-order valence-electron chi connectivity index (χ1n) is 3.42. The van der Waals surface area contributed by atoms with E-state index in [0.29, 0.717) is 0 Å². The summed E-state index contributed by atoms with van der Waals surface area (Å²) in [4.78, 5) is 26.7. The average Bonchev–Trinajstić information content (AvgIpc) is 2.03. The zero-order chi connectivity index (χ0) is 10.1. The fraction of sp³-hybridized carbons (Fsp3) is 0.167. The molecule has 0 saturated carbocycles. The molecule has 0 unspecified atom stereocenters. The molecule has 74 valence electrons. The Morgan fingerprint density at radius 1 is 1.23 bits per heavy atom. The molecule has 0 aliphatic heterocycles.